The van der Waals surface area contributed by atoms with E-state index in [9.17, 15) is 14.0 Å². The summed E-state index contributed by atoms with van der Waals surface area (Å²) in [5.41, 5.74) is 0.730. The van der Waals surface area contributed by atoms with E-state index in [2.05, 4.69) is 5.32 Å². The highest BCUT2D eigenvalue weighted by Gasteiger charge is 2.04. The highest BCUT2D eigenvalue weighted by Crippen LogP contribution is 2.01. The van der Waals surface area contributed by atoms with Gasteiger partial charge in [-0.3, -0.25) is 9.59 Å². The Morgan fingerprint density at radius 2 is 2.06 bits per heavy atom. The Kier molecular flexibility index (Phi) is 5.36. The largest absolute Gasteiger partial charge is 0.481 e. The number of rotatable bonds is 6. The number of carboxylic acids is 1. The number of benzene rings is 1. The van der Waals surface area contributed by atoms with Crippen molar-refractivity contribution in [1.29, 1.82) is 0 Å². The summed E-state index contributed by atoms with van der Waals surface area (Å²) in [4.78, 5) is 21.6. The van der Waals surface area contributed by atoms with Gasteiger partial charge in [-0.15, -0.1) is 0 Å². The van der Waals surface area contributed by atoms with E-state index in [1.807, 2.05) is 0 Å². The van der Waals surface area contributed by atoms with E-state index in [-0.39, 0.29) is 30.8 Å². The minimum absolute atomic E-state index is 0.0308. The number of nitrogens with one attached hydrogen (secondary N) is 1. The van der Waals surface area contributed by atoms with Gasteiger partial charge in [-0.1, -0.05) is 17.6 Å². The quantitative estimate of drug-likeness (QED) is 0.721. The van der Waals surface area contributed by atoms with Gasteiger partial charge in [0.05, 0.1) is 0 Å². The molecule has 0 bridgehead atoms. The van der Waals surface area contributed by atoms with Gasteiger partial charge in [-0.2, -0.15) is 0 Å². The zero-order valence-corrected chi connectivity index (χ0v) is 9.78. The number of aliphatic carboxylic acids is 1. The van der Waals surface area contributed by atoms with Crippen LogP contribution in [0.5, 0.6) is 0 Å². The van der Waals surface area contributed by atoms with E-state index in [4.69, 9.17) is 13.0 Å². The lowest BCUT2D eigenvalue weighted by Crippen LogP contribution is -2.23. The second kappa shape index (κ2) is 6.78. The zero-order valence-electron chi connectivity index (χ0n) is 9.78. The van der Waals surface area contributed by atoms with Crippen molar-refractivity contribution in [1.82, 2.24) is 5.32 Å². The van der Waals surface area contributed by atoms with Crippen LogP contribution >= 0.6 is 0 Å². The Balaban J connectivity index is 2.33. The van der Waals surface area contributed by atoms with Crippen molar-refractivity contribution in [3.05, 3.63) is 29.6 Å². The first-order valence-corrected chi connectivity index (χ1v) is 5.51. The molecule has 6 heteroatoms. The molecule has 0 fully saturated rings. The molecule has 0 saturated carbocycles. The minimum Gasteiger partial charge on any atom is -0.481 e. The van der Waals surface area contributed by atoms with Crippen LogP contribution in [0.25, 0.3) is 0 Å². The molecule has 18 heavy (non-hydrogen) atoms. The van der Waals surface area contributed by atoms with E-state index >= 15 is 0 Å². The summed E-state index contributed by atoms with van der Waals surface area (Å²) >= 11 is 0. The van der Waals surface area contributed by atoms with Gasteiger partial charge in [0.25, 0.3) is 0 Å². The molecule has 0 aromatic heterocycles. The standard InChI is InChI=1S/C12H13BFNO3/c13-9-6-8(4-5-10(9)14)7-15-11(16)2-1-3-12(17)18/h4-6H,1-3,7H2,(H,15,16)(H,17,18). The van der Waals surface area contributed by atoms with Crippen molar-refractivity contribution in [3.8, 4) is 0 Å². The van der Waals surface area contributed by atoms with Crippen molar-refractivity contribution in [2.24, 2.45) is 0 Å². The summed E-state index contributed by atoms with van der Waals surface area (Å²) in [6.45, 7) is 0.246. The molecule has 0 unspecified atom stereocenters. The number of carboxylic acid groups (broad SMARTS) is 1. The van der Waals surface area contributed by atoms with Gasteiger partial charge >= 0.3 is 5.97 Å². The smallest absolute Gasteiger partial charge is 0.303 e. The highest BCUT2D eigenvalue weighted by molar-refractivity contribution is 6.32. The molecule has 1 rings (SSSR count). The SMILES string of the molecule is [B]c1cc(CNC(=O)CCCC(=O)O)ccc1F. The Morgan fingerprint density at radius 3 is 2.67 bits per heavy atom. The molecule has 1 aromatic carbocycles. The molecule has 0 aliphatic rings. The fraction of sp³-hybridized carbons (Fsp3) is 0.333. The molecule has 0 aliphatic carbocycles. The Labute approximate surface area is 106 Å². The van der Waals surface area contributed by atoms with E-state index in [1.165, 1.54) is 18.2 Å². The van der Waals surface area contributed by atoms with E-state index in [0.29, 0.717) is 12.0 Å². The summed E-state index contributed by atoms with van der Waals surface area (Å²) < 4.78 is 12.9. The molecule has 2 radical (unpaired) electrons. The van der Waals surface area contributed by atoms with Gasteiger partial charge in [0, 0.05) is 19.4 Å². The lowest BCUT2D eigenvalue weighted by molar-refractivity contribution is -0.137. The van der Waals surface area contributed by atoms with E-state index in [1.54, 1.807) is 0 Å². The van der Waals surface area contributed by atoms with Gasteiger partial charge in [-0.25, -0.2) is 4.39 Å². The van der Waals surface area contributed by atoms with Crippen molar-refractivity contribution < 1.29 is 19.1 Å². The van der Waals surface area contributed by atoms with Crippen LogP contribution in [0.4, 0.5) is 4.39 Å². The van der Waals surface area contributed by atoms with Gasteiger partial charge < -0.3 is 10.4 Å². The fourth-order valence-electron chi connectivity index (χ4n) is 1.39. The van der Waals surface area contributed by atoms with Crippen LogP contribution in [-0.4, -0.2) is 24.8 Å². The van der Waals surface area contributed by atoms with Crippen LogP contribution in [0.3, 0.4) is 0 Å². The van der Waals surface area contributed by atoms with E-state index < -0.39 is 11.8 Å². The van der Waals surface area contributed by atoms with Crippen LogP contribution < -0.4 is 10.8 Å². The number of carbonyl (C=O) groups is 2. The Bertz CT molecular complexity index is 451. The first-order chi connectivity index (χ1) is 8.49. The first kappa shape index (κ1) is 14.2. The molecule has 0 aliphatic heterocycles. The molecule has 4 nitrogen and oxygen atoms in total. The number of hydrogen-bond acceptors (Lipinski definition) is 2. The van der Waals surface area contributed by atoms with Gasteiger partial charge in [0.1, 0.15) is 13.7 Å². The third kappa shape index (κ3) is 4.99. The average molecular weight is 249 g/mol. The normalized spacial score (nSPS) is 10.1. The summed E-state index contributed by atoms with van der Waals surface area (Å²) in [6, 6.07) is 4.22. The topological polar surface area (TPSA) is 66.4 Å². The van der Waals surface area contributed by atoms with Crippen LogP contribution in [0.2, 0.25) is 0 Å². The predicted molar refractivity (Wildman–Crippen MR) is 65.1 cm³/mol. The Hall–Kier alpha value is -1.85. The molecule has 1 amide bonds. The first-order valence-electron chi connectivity index (χ1n) is 5.51. The van der Waals surface area contributed by atoms with Crippen molar-refractivity contribution in [3.63, 3.8) is 0 Å². The van der Waals surface area contributed by atoms with Crippen molar-refractivity contribution in [2.45, 2.75) is 25.8 Å². The molecular weight excluding hydrogens is 236 g/mol. The summed E-state index contributed by atoms with van der Waals surface area (Å²) in [5, 5.41) is 11.0. The maximum atomic E-state index is 12.9. The maximum Gasteiger partial charge on any atom is 0.303 e. The van der Waals surface area contributed by atoms with Crippen LogP contribution in [0.1, 0.15) is 24.8 Å². The number of carbonyl (C=O) groups excluding carboxylic acids is 1. The van der Waals surface area contributed by atoms with Crippen LogP contribution in [0, 0.1) is 5.82 Å². The zero-order chi connectivity index (χ0) is 13.5. The van der Waals surface area contributed by atoms with Gasteiger partial charge in [0.2, 0.25) is 5.91 Å². The number of amides is 1. The lowest BCUT2D eigenvalue weighted by Gasteiger charge is -2.06. The average Bonchev–Trinajstić information content (AvgIpc) is 2.30. The predicted octanol–water partition coefficient (Wildman–Crippen LogP) is 0.491. The van der Waals surface area contributed by atoms with E-state index in [0.717, 1.165) is 0 Å². The molecule has 1 aromatic rings. The lowest BCUT2D eigenvalue weighted by atomic mass is 9.93. The van der Waals surface area contributed by atoms with Gasteiger partial charge in [0.15, 0.2) is 0 Å². The second-order valence-corrected chi connectivity index (χ2v) is 3.88. The second-order valence-electron chi connectivity index (χ2n) is 3.88. The minimum atomic E-state index is -0.922. The molecule has 0 spiro atoms. The summed E-state index contributed by atoms with van der Waals surface area (Å²) in [5.74, 6) is -1.65. The highest BCUT2D eigenvalue weighted by atomic mass is 19.1. The number of hydrogen-bond donors (Lipinski definition) is 2. The molecule has 94 valence electrons. The monoisotopic (exact) mass is 249 g/mol. The van der Waals surface area contributed by atoms with Gasteiger partial charge in [-0.05, 0) is 18.1 Å². The molecule has 0 atom stereocenters. The number of halogens is 1. The van der Waals surface area contributed by atoms with Crippen molar-refractivity contribution in [2.75, 3.05) is 0 Å². The fourth-order valence-corrected chi connectivity index (χ4v) is 1.39. The summed E-state index contributed by atoms with van der Waals surface area (Å²) in [6.07, 6.45) is 0.423. The summed E-state index contributed by atoms with van der Waals surface area (Å²) in [7, 11) is 5.39. The van der Waals surface area contributed by atoms with Crippen LogP contribution in [-0.2, 0) is 16.1 Å². The third-order valence-corrected chi connectivity index (χ3v) is 2.34. The molecule has 0 saturated heterocycles. The Morgan fingerprint density at radius 1 is 1.33 bits per heavy atom. The maximum absolute atomic E-state index is 12.9. The molecular formula is C12H13BFNO3. The van der Waals surface area contributed by atoms with Crippen molar-refractivity contribution >= 4 is 25.2 Å². The van der Waals surface area contributed by atoms with Crippen LogP contribution in [0.15, 0.2) is 18.2 Å². The molecule has 2 N–H and O–H groups in total. The third-order valence-electron chi connectivity index (χ3n) is 2.34. The molecule has 0 heterocycles.